The Kier molecular flexibility index (Phi) is 4.81. The standard InChI is InChI=1S/C23H20N2O3/c1-24-23(27)17-7-4-5-15(11-17)13-25-21(26)12-18-14-28-20-10-9-16-6-2-3-8-19(16)22(18)20/h2-11,14H,12-13H2,1H3,(H,24,27)(H,25,26). The van der Waals surface area contributed by atoms with Crippen molar-refractivity contribution in [3.63, 3.8) is 0 Å². The highest BCUT2D eigenvalue weighted by molar-refractivity contribution is 6.08. The first-order chi connectivity index (χ1) is 13.7. The lowest BCUT2D eigenvalue weighted by atomic mass is 10.0. The summed E-state index contributed by atoms with van der Waals surface area (Å²) in [6.07, 6.45) is 1.89. The maximum Gasteiger partial charge on any atom is 0.251 e. The van der Waals surface area contributed by atoms with Gasteiger partial charge in [-0.2, -0.15) is 0 Å². The highest BCUT2D eigenvalue weighted by Gasteiger charge is 2.13. The summed E-state index contributed by atoms with van der Waals surface area (Å²) < 4.78 is 5.65. The molecule has 140 valence electrons. The summed E-state index contributed by atoms with van der Waals surface area (Å²) in [5.41, 5.74) is 3.08. The number of benzene rings is 3. The van der Waals surface area contributed by atoms with Crippen molar-refractivity contribution in [2.75, 3.05) is 7.05 Å². The summed E-state index contributed by atoms with van der Waals surface area (Å²) >= 11 is 0. The van der Waals surface area contributed by atoms with Crippen LogP contribution in [0, 0.1) is 0 Å². The van der Waals surface area contributed by atoms with Crippen LogP contribution in [0.25, 0.3) is 21.7 Å². The Morgan fingerprint density at radius 1 is 1.00 bits per heavy atom. The van der Waals surface area contributed by atoms with Gasteiger partial charge in [-0.15, -0.1) is 0 Å². The predicted molar refractivity (Wildman–Crippen MR) is 109 cm³/mol. The Morgan fingerprint density at radius 2 is 1.86 bits per heavy atom. The molecule has 0 saturated carbocycles. The molecule has 0 atom stereocenters. The summed E-state index contributed by atoms with van der Waals surface area (Å²) in [5.74, 6) is -0.245. The van der Waals surface area contributed by atoms with Crippen LogP contribution in [0.5, 0.6) is 0 Å². The van der Waals surface area contributed by atoms with E-state index in [0.29, 0.717) is 12.1 Å². The largest absolute Gasteiger partial charge is 0.464 e. The van der Waals surface area contributed by atoms with Gasteiger partial charge in [-0.3, -0.25) is 9.59 Å². The van der Waals surface area contributed by atoms with Crippen molar-refractivity contribution >= 4 is 33.6 Å². The number of amides is 2. The number of rotatable bonds is 5. The Morgan fingerprint density at radius 3 is 2.71 bits per heavy atom. The van der Waals surface area contributed by atoms with Gasteiger partial charge in [0.2, 0.25) is 5.91 Å². The third-order valence-corrected chi connectivity index (χ3v) is 4.80. The van der Waals surface area contributed by atoms with Crippen molar-refractivity contribution in [2.24, 2.45) is 0 Å². The fourth-order valence-electron chi connectivity index (χ4n) is 3.41. The third kappa shape index (κ3) is 3.47. The number of carbonyl (C=O) groups is 2. The van der Waals surface area contributed by atoms with E-state index in [2.05, 4.69) is 10.6 Å². The van der Waals surface area contributed by atoms with Crippen molar-refractivity contribution in [2.45, 2.75) is 13.0 Å². The Bertz CT molecular complexity index is 1180. The fraction of sp³-hybridized carbons (Fsp3) is 0.130. The zero-order chi connectivity index (χ0) is 19.5. The molecule has 0 bridgehead atoms. The van der Waals surface area contributed by atoms with Gasteiger partial charge in [0.15, 0.2) is 0 Å². The van der Waals surface area contributed by atoms with Gasteiger partial charge in [-0.25, -0.2) is 0 Å². The topological polar surface area (TPSA) is 71.3 Å². The van der Waals surface area contributed by atoms with Gasteiger partial charge in [0.1, 0.15) is 5.58 Å². The maximum absolute atomic E-state index is 12.5. The van der Waals surface area contributed by atoms with E-state index in [9.17, 15) is 9.59 Å². The molecule has 3 aromatic carbocycles. The summed E-state index contributed by atoms with van der Waals surface area (Å²) in [7, 11) is 1.59. The lowest BCUT2D eigenvalue weighted by Gasteiger charge is -2.07. The van der Waals surface area contributed by atoms with Crippen molar-refractivity contribution < 1.29 is 14.0 Å². The molecule has 5 heteroatoms. The van der Waals surface area contributed by atoms with Gasteiger partial charge in [0, 0.05) is 30.1 Å². The van der Waals surface area contributed by atoms with E-state index in [4.69, 9.17) is 4.42 Å². The van der Waals surface area contributed by atoms with Crippen LogP contribution in [-0.2, 0) is 17.8 Å². The second kappa shape index (κ2) is 7.56. The van der Waals surface area contributed by atoms with Crippen LogP contribution < -0.4 is 10.6 Å². The molecule has 0 saturated heterocycles. The molecule has 0 radical (unpaired) electrons. The van der Waals surface area contributed by atoms with Gasteiger partial charge in [-0.1, -0.05) is 42.5 Å². The van der Waals surface area contributed by atoms with Crippen LogP contribution in [0.4, 0.5) is 0 Å². The van der Waals surface area contributed by atoms with E-state index in [0.717, 1.165) is 32.9 Å². The number of hydrogen-bond acceptors (Lipinski definition) is 3. The van der Waals surface area contributed by atoms with Crippen LogP contribution in [0.1, 0.15) is 21.5 Å². The zero-order valence-corrected chi connectivity index (χ0v) is 15.5. The Labute approximate surface area is 162 Å². The molecular formula is C23H20N2O3. The molecule has 2 N–H and O–H groups in total. The second-order valence-corrected chi connectivity index (χ2v) is 6.65. The molecule has 28 heavy (non-hydrogen) atoms. The van der Waals surface area contributed by atoms with Gasteiger partial charge in [-0.05, 0) is 34.5 Å². The number of carbonyl (C=O) groups excluding carboxylic acids is 2. The number of nitrogens with one attached hydrogen (secondary N) is 2. The van der Waals surface area contributed by atoms with E-state index in [-0.39, 0.29) is 18.2 Å². The third-order valence-electron chi connectivity index (χ3n) is 4.80. The van der Waals surface area contributed by atoms with Crippen LogP contribution in [-0.4, -0.2) is 18.9 Å². The molecule has 0 unspecified atom stereocenters. The first-order valence-corrected chi connectivity index (χ1v) is 9.11. The number of furan rings is 1. The van der Waals surface area contributed by atoms with Crippen molar-refractivity contribution in [3.8, 4) is 0 Å². The Hall–Kier alpha value is -3.60. The average Bonchev–Trinajstić information content (AvgIpc) is 3.15. The molecule has 4 rings (SSSR count). The second-order valence-electron chi connectivity index (χ2n) is 6.65. The summed E-state index contributed by atoms with van der Waals surface area (Å²) in [6.45, 7) is 0.361. The zero-order valence-electron chi connectivity index (χ0n) is 15.5. The first kappa shape index (κ1) is 17.8. The quantitative estimate of drug-likeness (QED) is 0.560. The van der Waals surface area contributed by atoms with Crippen molar-refractivity contribution in [3.05, 3.63) is 83.6 Å². The highest BCUT2D eigenvalue weighted by atomic mass is 16.3. The molecule has 1 aromatic heterocycles. The monoisotopic (exact) mass is 372 g/mol. The lowest BCUT2D eigenvalue weighted by Crippen LogP contribution is -2.25. The maximum atomic E-state index is 12.5. The fourth-order valence-corrected chi connectivity index (χ4v) is 3.41. The molecule has 0 fully saturated rings. The molecule has 1 heterocycles. The summed E-state index contributed by atoms with van der Waals surface area (Å²) in [6, 6.07) is 19.2. The van der Waals surface area contributed by atoms with E-state index in [1.807, 2.05) is 48.5 Å². The summed E-state index contributed by atoms with van der Waals surface area (Å²) in [4.78, 5) is 24.2. The van der Waals surface area contributed by atoms with Crippen LogP contribution in [0.2, 0.25) is 0 Å². The minimum Gasteiger partial charge on any atom is -0.464 e. The van der Waals surface area contributed by atoms with Crippen LogP contribution >= 0.6 is 0 Å². The molecule has 0 aliphatic rings. The molecule has 2 amide bonds. The van der Waals surface area contributed by atoms with E-state index >= 15 is 0 Å². The molecule has 0 aliphatic carbocycles. The number of hydrogen-bond donors (Lipinski definition) is 2. The van der Waals surface area contributed by atoms with Gasteiger partial charge < -0.3 is 15.1 Å². The molecular weight excluding hydrogens is 352 g/mol. The van der Waals surface area contributed by atoms with E-state index in [1.54, 1.807) is 25.4 Å². The number of fused-ring (bicyclic) bond motifs is 3. The lowest BCUT2D eigenvalue weighted by molar-refractivity contribution is -0.120. The van der Waals surface area contributed by atoms with Gasteiger partial charge in [0.05, 0.1) is 12.7 Å². The van der Waals surface area contributed by atoms with E-state index < -0.39 is 0 Å². The summed E-state index contributed by atoms with van der Waals surface area (Å²) in [5, 5.41) is 8.69. The predicted octanol–water partition coefficient (Wildman–Crippen LogP) is 3.80. The Balaban J connectivity index is 1.50. The van der Waals surface area contributed by atoms with Crippen LogP contribution in [0.3, 0.4) is 0 Å². The normalized spacial score (nSPS) is 10.9. The average molecular weight is 372 g/mol. The highest BCUT2D eigenvalue weighted by Crippen LogP contribution is 2.30. The SMILES string of the molecule is CNC(=O)c1cccc(CNC(=O)Cc2coc3ccc4ccccc4c23)c1. The smallest absolute Gasteiger partial charge is 0.251 e. The van der Waals surface area contributed by atoms with Crippen molar-refractivity contribution in [1.29, 1.82) is 0 Å². The van der Waals surface area contributed by atoms with E-state index in [1.165, 1.54) is 0 Å². The van der Waals surface area contributed by atoms with Crippen LogP contribution in [0.15, 0.2) is 71.3 Å². The molecule has 5 nitrogen and oxygen atoms in total. The minimum absolute atomic E-state index is 0.0963. The van der Waals surface area contributed by atoms with Gasteiger partial charge >= 0.3 is 0 Å². The molecule has 0 aliphatic heterocycles. The minimum atomic E-state index is -0.148. The van der Waals surface area contributed by atoms with Gasteiger partial charge in [0.25, 0.3) is 5.91 Å². The molecule has 4 aromatic rings. The van der Waals surface area contributed by atoms with Crippen molar-refractivity contribution in [1.82, 2.24) is 10.6 Å². The molecule has 0 spiro atoms. The first-order valence-electron chi connectivity index (χ1n) is 9.11.